The quantitative estimate of drug-likeness (QED) is 0.833. The van der Waals surface area contributed by atoms with Gasteiger partial charge in [0.2, 0.25) is 0 Å². The number of benzene rings is 1. The normalized spacial score (nSPS) is 22.0. The summed E-state index contributed by atoms with van der Waals surface area (Å²) in [5.74, 6) is 0.792. The Morgan fingerprint density at radius 2 is 2.37 bits per heavy atom. The number of rotatable bonds is 3. The van der Waals surface area contributed by atoms with Gasteiger partial charge in [0.05, 0.1) is 12.0 Å². The maximum absolute atomic E-state index is 11.4. The van der Waals surface area contributed by atoms with Crippen LogP contribution in [0.25, 0.3) is 0 Å². The Hall–Kier alpha value is -1.88. The fourth-order valence-corrected chi connectivity index (χ4v) is 2.62. The first kappa shape index (κ1) is 12.2. The molecule has 2 aliphatic rings. The van der Waals surface area contributed by atoms with Gasteiger partial charge in [0.1, 0.15) is 18.2 Å². The first-order chi connectivity index (χ1) is 9.24. The molecule has 2 aliphatic heterocycles. The van der Waals surface area contributed by atoms with E-state index in [1.54, 1.807) is 0 Å². The van der Waals surface area contributed by atoms with E-state index in [0.29, 0.717) is 19.1 Å². The molecule has 0 unspecified atom stereocenters. The highest BCUT2D eigenvalue weighted by Gasteiger charge is 2.22. The average molecular weight is 259 g/mol. The van der Waals surface area contributed by atoms with Crippen molar-refractivity contribution in [3.8, 4) is 5.75 Å². The van der Waals surface area contributed by atoms with Crippen LogP contribution in [-0.4, -0.2) is 30.9 Å². The summed E-state index contributed by atoms with van der Waals surface area (Å²) in [7, 11) is 0. The van der Waals surface area contributed by atoms with Crippen LogP contribution < -0.4 is 15.8 Å². The predicted molar refractivity (Wildman–Crippen MR) is 72.4 cm³/mol. The molecule has 19 heavy (non-hydrogen) atoms. The molecule has 1 aromatic carbocycles. The van der Waals surface area contributed by atoms with E-state index in [-0.39, 0.29) is 11.7 Å². The van der Waals surface area contributed by atoms with Crippen molar-refractivity contribution in [2.24, 2.45) is 10.7 Å². The summed E-state index contributed by atoms with van der Waals surface area (Å²) in [6, 6.07) is 6.07. The number of aliphatic imine (C=N–C) groups is 1. The van der Waals surface area contributed by atoms with Crippen LogP contribution in [0.4, 0.5) is 0 Å². The van der Waals surface area contributed by atoms with Crippen LogP contribution in [0.5, 0.6) is 5.75 Å². The van der Waals surface area contributed by atoms with Crippen molar-refractivity contribution in [3.05, 3.63) is 29.3 Å². The Morgan fingerprint density at radius 3 is 3.16 bits per heavy atom. The highest BCUT2D eigenvalue weighted by Crippen LogP contribution is 2.26. The third kappa shape index (κ3) is 2.46. The second-order valence-corrected chi connectivity index (χ2v) is 4.96. The number of amidine groups is 1. The molecule has 0 aliphatic carbocycles. The summed E-state index contributed by atoms with van der Waals surface area (Å²) in [4.78, 5) is 15.2. The summed E-state index contributed by atoms with van der Waals surface area (Å²) >= 11 is 0. The number of amides is 1. The van der Waals surface area contributed by atoms with Gasteiger partial charge in [-0.25, -0.2) is 0 Å². The molecule has 0 bridgehead atoms. The third-order valence-electron chi connectivity index (χ3n) is 3.56. The van der Waals surface area contributed by atoms with E-state index in [1.807, 2.05) is 18.2 Å². The number of ether oxygens (including phenoxy) is 1. The lowest BCUT2D eigenvalue weighted by Gasteiger charge is -2.19. The van der Waals surface area contributed by atoms with E-state index in [1.165, 1.54) is 6.42 Å². The Morgan fingerprint density at radius 1 is 1.47 bits per heavy atom. The van der Waals surface area contributed by atoms with Crippen LogP contribution in [-0.2, 0) is 11.2 Å². The Bertz CT molecular complexity index is 533. The van der Waals surface area contributed by atoms with Gasteiger partial charge in [0.15, 0.2) is 0 Å². The second-order valence-electron chi connectivity index (χ2n) is 4.96. The molecule has 0 saturated carbocycles. The molecular formula is C14H17N3O2. The van der Waals surface area contributed by atoms with Crippen molar-refractivity contribution in [3.63, 3.8) is 0 Å². The second kappa shape index (κ2) is 5.01. The summed E-state index contributed by atoms with van der Waals surface area (Å²) in [5.41, 5.74) is 7.53. The predicted octanol–water partition coefficient (Wildman–Crippen LogP) is 0.605. The standard InChI is InChI=1S/C14H17N3O2/c15-14-13-9(7-12(18)17-14)3-1-5-11(13)19-8-10-4-2-6-16-10/h1,3,5,10,16H,2,4,6-8H2,(H2,15,17,18)/t10-/m1/s1. The molecule has 5 nitrogen and oxygen atoms in total. The summed E-state index contributed by atoms with van der Waals surface area (Å²) in [6.45, 7) is 1.68. The summed E-state index contributed by atoms with van der Waals surface area (Å²) in [6.07, 6.45) is 2.63. The molecule has 3 N–H and O–H groups in total. The lowest BCUT2D eigenvalue weighted by Crippen LogP contribution is -2.29. The molecule has 0 spiro atoms. The number of nitrogens with zero attached hydrogens (tertiary/aromatic N) is 1. The number of nitrogens with two attached hydrogens (primary N) is 1. The molecule has 2 heterocycles. The van der Waals surface area contributed by atoms with Gasteiger partial charge in [-0.15, -0.1) is 0 Å². The molecule has 5 heteroatoms. The number of fused-ring (bicyclic) bond motifs is 1. The van der Waals surface area contributed by atoms with Gasteiger partial charge in [0.25, 0.3) is 5.91 Å². The summed E-state index contributed by atoms with van der Waals surface area (Å²) in [5, 5.41) is 3.38. The molecular weight excluding hydrogens is 242 g/mol. The van der Waals surface area contributed by atoms with Crippen LogP contribution in [0.15, 0.2) is 23.2 Å². The first-order valence-electron chi connectivity index (χ1n) is 6.59. The maximum atomic E-state index is 11.4. The lowest BCUT2D eigenvalue weighted by molar-refractivity contribution is -0.117. The molecule has 0 aromatic heterocycles. The van der Waals surface area contributed by atoms with E-state index >= 15 is 0 Å². The van der Waals surface area contributed by atoms with Gasteiger partial charge in [-0.2, -0.15) is 4.99 Å². The van der Waals surface area contributed by atoms with Crippen molar-refractivity contribution in [1.29, 1.82) is 0 Å². The zero-order valence-corrected chi connectivity index (χ0v) is 10.7. The fourth-order valence-electron chi connectivity index (χ4n) is 2.62. The number of nitrogens with one attached hydrogen (secondary N) is 1. The number of hydrogen-bond donors (Lipinski definition) is 2. The van der Waals surface area contributed by atoms with Gasteiger partial charge in [-0.05, 0) is 31.0 Å². The zero-order chi connectivity index (χ0) is 13.2. The molecule has 1 aromatic rings. The van der Waals surface area contributed by atoms with Crippen LogP contribution >= 0.6 is 0 Å². The minimum Gasteiger partial charge on any atom is -0.491 e. The zero-order valence-electron chi connectivity index (χ0n) is 10.7. The highest BCUT2D eigenvalue weighted by molar-refractivity contribution is 6.10. The third-order valence-corrected chi connectivity index (χ3v) is 3.56. The smallest absolute Gasteiger partial charge is 0.252 e. The molecule has 3 rings (SSSR count). The average Bonchev–Trinajstić information content (AvgIpc) is 2.88. The monoisotopic (exact) mass is 259 g/mol. The van der Waals surface area contributed by atoms with Crippen LogP contribution in [0.2, 0.25) is 0 Å². The van der Waals surface area contributed by atoms with Crippen molar-refractivity contribution in [1.82, 2.24) is 5.32 Å². The van der Waals surface area contributed by atoms with E-state index in [2.05, 4.69) is 10.3 Å². The number of carbonyl (C=O) groups excluding carboxylic acids is 1. The number of carbonyl (C=O) groups is 1. The van der Waals surface area contributed by atoms with Gasteiger partial charge in [-0.1, -0.05) is 12.1 Å². The van der Waals surface area contributed by atoms with Crippen LogP contribution in [0, 0.1) is 0 Å². The highest BCUT2D eigenvalue weighted by atomic mass is 16.5. The molecule has 1 atom stereocenters. The summed E-state index contributed by atoms with van der Waals surface area (Å²) < 4.78 is 5.86. The van der Waals surface area contributed by atoms with Crippen molar-refractivity contribution < 1.29 is 9.53 Å². The van der Waals surface area contributed by atoms with E-state index in [0.717, 1.165) is 29.8 Å². The van der Waals surface area contributed by atoms with Gasteiger partial charge >= 0.3 is 0 Å². The van der Waals surface area contributed by atoms with Crippen molar-refractivity contribution in [2.45, 2.75) is 25.3 Å². The Balaban J connectivity index is 1.81. The molecule has 1 saturated heterocycles. The Labute approximate surface area is 111 Å². The fraction of sp³-hybridized carbons (Fsp3) is 0.429. The SMILES string of the molecule is NC1=NC(=O)Cc2cccc(OC[C@H]3CCCN3)c21. The largest absolute Gasteiger partial charge is 0.491 e. The van der Waals surface area contributed by atoms with Gasteiger partial charge in [-0.3, -0.25) is 4.79 Å². The van der Waals surface area contributed by atoms with E-state index < -0.39 is 0 Å². The first-order valence-corrected chi connectivity index (χ1v) is 6.59. The minimum absolute atomic E-state index is 0.195. The Kier molecular flexibility index (Phi) is 3.21. The van der Waals surface area contributed by atoms with Crippen LogP contribution in [0.3, 0.4) is 0 Å². The lowest BCUT2D eigenvalue weighted by atomic mass is 10.00. The van der Waals surface area contributed by atoms with Gasteiger partial charge < -0.3 is 15.8 Å². The van der Waals surface area contributed by atoms with Crippen molar-refractivity contribution >= 4 is 11.7 Å². The molecule has 0 radical (unpaired) electrons. The van der Waals surface area contributed by atoms with E-state index in [9.17, 15) is 4.79 Å². The minimum atomic E-state index is -0.195. The molecule has 100 valence electrons. The van der Waals surface area contributed by atoms with E-state index in [4.69, 9.17) is 10.5 Å². The van der Waals surface area contributed by atoms with Crippen molar-refractivity contribution in [2.75, 3.05) is 13.2 Å². The van der Waals surface area contributed by atoms with Gasteiger partial charge in [0, 0.05) is 6.04 Å². The topological polar surface area (TPSA) is 76.7 Å². The molecule has 1 fully saturated rings. The number of hydrogen-bond acceptors (Lipinski definition) is 4. The molecule has 1 amide bonds. The van der Waals surface area contributed by atoms with Crippen LogP contribution in [0.1, 0.15) is 24.0 Å². The maximum Gasteiger partial charge on any atom is 0.252 e.